The van der Waals surface area contributed by atoms with Crippen molar-refractivity contribution >= 4 is 16.9 Å². The number of hydrogen-bond acceptors (Lipinski definition) is 3. The van der Waals surface area contributed by atoms with Gasteiger partial charge in [-0.25, -0.2) is 0 Å². The minimum Gasteiger partial charge on any atom is -0.481 e. The molecule has 0 aliphatic carbocycles. The van der Waals surface area contributed by atoms with E-state index in [9.17, 15) is 4.79 Å². The maximum atomic E-state index is 10.8. The molecule has 1 aromatic heterocycles. The SMILES string of the molecule is CCCCCc1cccc2onc(CC(=O)O)c12. The van der Waals surface area contributed by atoms with Gasteiger partial charge in [0.15, 0.2) is 5.58 Å². The first-order valence-electron chi connectivity index (χ1n) is 6.30. The van der Waals surface area contributed by atoms with Gasteiger partial charge in [-0.2, -0.15) is 0 Å². The lowest BCUT2D eigenvalue weighted by atomic mass is 10.0. The molecule has 0 radical (unpaired) electrons. The fourth-order valence-corrected chi connectivity index (χ4v) is 2.17. The highest BCUT2D eigenvalue weighted by atomic mass is 16.5. The number of unbranched alkanes of at least 4 members (excludes halogenated alkanes) is 2. The number of fused-ring (bicyclic) bond motifs is 1. The van der Waals surface area contributed by atoms with E-state index in [1.54, 1.807) is 0 Å². The fourth-order valence-electron chi connectivity index (χ4n) is 2.17. The molecule has 4 nitrogen and oxygen atoms in total. The van der Waals surface area contributed by atoms with Crippen molar-refractivity contribution in [3.8, 4) is 0 Å². The Balaban J connectivity index is 2.32. The lowest BCUT2D eigenvalue weighted by molar-refractivity contribution is -0.136. The number of aromatic nitrogens is 1. The lowest BCUT2D eigenvalue weighted by Crippen LogP contribution is -2.01. The van der Waals surface area contributed by atoms with E-state index in [1.807, 2.05) is 18.2 Å². The molecule has 96 valence electrons. The Bertz CT molecular complexity index is 545. The highest BCUT2D eigenvalue weighted by molar-refractivity contribution is 5.86. The van der Waals surface area contributed by atoms with Gasteiger partial charge in [-0.1, -0.05) is 37.1 Å². The van der Waals surface area contributed by atoms with Gasteiger partial charge in [-0.3, -0.25) is 4.79 Å². The lowest BCUT2D eigenvalue weighted by Gasteiger charge is -2.02. The van der Waals surface area contributed by atoms with Crippen LogP contribution in [0.3, 0.4) is 0 Å². The molecule has 0 aliphatic heterocycles. The Kier molecular flexibility index (Phi) is 3.97. The van der Waals surface area contributed by atoms with Gasteiger partial charge < -0.3 is 9.63 Å². The van der Waals surface area contributed by atoms with Crippen LogP contribution in [0.15, 0.2) is 22.7 Å². The third-order valence-electron chi connectivity index (χ3n) is 3.02. The zero-order valence-electron chi connectivity index (χ0n) is 10.5. The average Bonchev–Trinajstić information content (AvgIpc) is 2.73. The largest absolute Gasteiger partial charge is 0.481 e. The fraction of sp³-hybridized carbons (Fsp3) is 0.429. The highest BCUT2D eigenvalue weighted by Crippen LogP contribution is 2.24. The molecule has 0 saturated heterocycles. The molecule has 0 fully saturated rings. The quantitative estimate of drug-likeness (QED) is 0.796. The van der Waals surface area contributed by atoms with Crippen molar-refractivity contribution < 1.29 is 14.4 Å². The number of hydrogen-bond donors (Lipinski definition) is 1. The molecule has 0 spiro atoms. The molecule has 0 aliphatic rings. The van der Waals surface area contributed by atoms with Gasteiger partial charge in [-0.05, 0) is 24.5 Å². The van der Waals surface area contributed by atoms with Crippen LogP contribution in [0.2, 0.25) is 0 Å². The molecule has 0 atom stereocenters. The van der Waals surface area contributed by atoms with E-state index in [-0.39, 0.29) is 6.42 Å². The molecule has 2 aromatic rings. The molecule has 1 aromatic carbocycles. The van der Waals surface area contributed by atoms with E-state index in [1.165, 1.54) is 12.8 Å². The maximum Gasteiger partial charge on any atom is 0.309 e. The Morgan fingerprint density at radius 2 is 2.22 bits per heavy atom. The van der Waals surface area contributed by atoms with Crippen molar-refractivity contribution in [1.29, 1.82) is 0 Å². The van der Waals surface area contributed by atoms with Crippen LogP contribution >= 0.6 is 0 Å². The first-order chi connectivity index (χ1) is 8.72. The monoisotopic (exact) mass is 247 g/mol. The van der Waals surface area contributed by atoms with E-state index in [2.05, 4.69) is 12.1 Å². The van der Waals surface area contributed by atoms with E-state index in [0.29, 0.717) is 11.3 Å². The smallest absolute Gasteiger partial charge is 0.309 e. The normalized spacial score (nSPS) is 10.9. The molecular weight excluding hydrogens is 230 g/mol. The van der Waals surface area contributed by atoms with Crippen molar-refractivity contribution in [3.63, 3.8) is 0 Å². The first kappa shape index (κ1) is 12.6. The standard InChI is InChI=1S/C14H17NO3/c1-2-3-4-6-10-7-5-8-12-14(10)11(15-18-12)9-13(16)17/h5,7-8H,2-4,6,9H2,1H3,(H,16,17). The van der Waals surface area contributed by atoms with Crippen molar-refractivity contribution in [3.05, 3.63) is 29.5 Å². The number of carboxylic acid groups (broad SMARTS) is 1. The number of carbonyl (C=O) groups is 1. The summed E-state index contributed by atoms with van der Waals surface area (Å²) in [6.07, 6.45) is 4.31. The van der Waals surface area contributed by atoms with Gasteiger partial charge in [-0.15, -0.1) is 0 Å². The number of nitrogens with zero attached hydrogens (tertiary/aromatic N) is 1. The van der Waals surface area contributed by atoms with Crippen LogP contribution in [0.5, 0.6) is 0 Å². The number of benzene rings is 1. The van der Waals surface area contributed by atoms with Crippen molar-refractivity contribution in [2.45, 2.75) is 39.0 Å². The van der Waals surface area contributed by atoms with E-state index in [4.69, 9.17) is 9.63 Å². The van der Waals surface area contributed by atoms with Gasteiger partial charge in [0.1, 0.15) is 5.69 Å². The first-order valence-corrected chi connectivity index (χ1v) is 6.30. The number of rotatable bonds is 6. The van der Waals surface area contributed by atoms with Gasteiger partial charge in [0, 0.05) is 5.39 Å². The molecule has 1 N–H and O–H groups in total. The molecular formula is C14H17NO3. The Morgan fingerprint density at radius 1 is 1.39 bits per heavy atom. The second-order valence-electron chi connectivity index (χ2n) is 4.45. The van der Waals surface area contributed by atoms with Crippen LogP contribution in [-0.2, 0) is 17.6 Å². The third kappa shape index (κ3) is 2.70. The van der Waals surface area contributed by atoms with Crippen LogP contribution in [0.4, 0.5) is 0 Å². The summed E-state index contributed by atoms with van der Waals surface area (Å²) in [6, 6.07) is 5.79. The van der Waals surface area contributed by atoms with E-state index in [0.717, 1.165) is 23.8 Å². The zero-order chi connectivity index (χ0) is 13.0. The predicted molar refractivity (Wildman–Crippen MR) is 68.6 cm³/mol. The summed E-state index contributed by atoms with van der Waals surface area (Å²) in [4.78, 5) is 10.8. The van der Waals surface area contributed by atoms with Crippen molar-refractivity contribution in [1.82, 2.24) is 5.16 Å². The second kappa shape index (κ2) is 5.67. The van der Waals surface area contributed by atoms with E-state index >= 15 is 0 Å². The molecule has 0 bridgehead atoms. The Labute approximate surface area is 106 Å². The average molecular weight is 247 g/mol. The number of aliphatic carboxylic acids is 1. The summed E-state index contributed by atoms with van der Waals surface area (Å²) < 4.78 is 5.18. The topological polar surface area (TPSA) is 63.3 Å². The van der Waals surface area contributed by atoms with E-state index < -0.39 is 5.97 Å². The molecule has 4 heteroatoms. The molecule has 18 heavy (non-hydrogen) atoms. The molecule has 1 heterocycles. The maximum absolute atomic E-state index is 10.8. The Hall–Kier alpha value is -1.84. The zero-order valence-corrected chi connectivity index (χ0v) is 10.5. The molecule has 0 saturated carbocycles. The van der Waals surface area contributed by atoms with Crippen LogP contribution in [0.25, 0.3) is 11.0 Å². The second-order valence-corrected chi connectivity index (χ2v) is 4.45. The highest BCUT2D eigenvalue weighted by Gasteiger charge is 2.14. The summed E-state index contributed by atoms with van der Waals surface area (Å²) in [5.41, 5.74) is 2.35. The molecule has 2 rings (SSSR count). The minimum atomic E-state index is -0.881. The van der Waals surface area contributed by atoms with Crippen LogP contribution < -0.4 is 0 Å². The number of aryl methyl sites for hydroxylation is 1. The molecule has 0 amide bonds. The van der Waals surface area contributed by atoms with Gasteiger partial charge in [0.05, 0.1) is 6.42 Å². The summed E-state index contributed by atoms with van der Waals surface area (Å²) in [7, 11) is 0. The van der Waals surface area contributed by atoms with Crippen molar-refractivity contribution in [2.75, 3.05) is 0 Å². The van der Waals surface area contributed by atoms with Gasteiger partial charge in [0.2, 0.25) is 0 Å². The summed E-state index contributed by atoms with van der Waals surface area (Å²) in [5.74, 6) is -0.881. The summed E-state index contributed by atoms with van der Waals surface area (Å²) in [6.45, 7) is 2.16. The van der Waals surface area contributed by atoms with Crippen LogP contribution in [0.1, 0.15) is 37.4 Å². The van der Waals surface area contributed by atoms with Crippen LogP contribution in [0, 0.1) is 0 Å². The Morgan fingerprint density at radius 3 is 2.94 bits per heavy atom. The van der Waals surface area contributed by atoms with Crippen molar-refractivity contribution in [2.24, 2.45) is 0 Å². The number of carboxylic acids is 1. The van der Waals surface area contributed by atoms with Gasteiger partial charge in [0.25, 0.3) is 0 Å². The minimum absolute atomic E-state index is 0.0855. The van der Waals surface area contributed by atoms with Crippen LogP contribution in [-0.4, -0.2) is 16.2 Å². The predicted octanol–water partition coefficient (Wildman–Crippen LogP) is 3.19. The summed E-state index contributed by atoms with van der Waals surface area (Å²) >= 11 is 0. The summed E-state index contributed by atoms with van der Waals surface area (Å²) in [5, 5.41) is 13.6. The third-order valence-corrected chi connectivity index (χ3v) is 3.02. The molecule has 0 unspecified atom stereocenters. The van der Waals surface area contributed by atoms with Gasteiger partial charge >= 0.3 is 5.97 Å².